The molecule has 0 aliphatic carbocycles. The van der Waals surface area contributed by atoms with Gasteiger partial charge in [0.25, 0.3) is 11.5 Å². The minimum atomic E-state index is -0.261. The number of amides is 1. The van der Waals surface area contributed by atoms with Crippen molar-refractivity contribution in [2.24, 2.45) is 7.05 Å². The highest BCUT2D eigenvalue weighted by atomic mass is 32.1. The van der Waals surface area contributed by atoms with E-state index in [-0.39, 0.29) is 17.1 Å². The van der Waals surface area contributed by atoms with Crippen LogP contribution in [0.2, 0.25) is 0 Å². The van der Waals surface area contributed by atoms with E-state index in [4.69, 9.17) is 4.74 Å². The average Bonchev–Trinajstić information content (AvgIpc) is 3.21. The molecule has 0 N–H and O–H groups in total. The third kappa shape index (κ3) is 2.61. The predicted octanol–water partition coefficient (Wildman–Crippen LogP) is 2.70. The van der Waals surface area contributed by atoms with Crippen LogP contribution in [0, 0.1) is 0 Å². The van der Waals surface area contributed by atoms with E-state index >= 15 is 0 Å². The molecule has 0 saturated carbocycles. The molecule has 5 rings (SSSR count). The van der Waals surface area contributed by atoms with Crippen molar-refractivity contribution in [3.8, 4) is 0 Å². The van der Waals surface area contributed by atoms with Crippen molar-refractivity contribution in [3.05, 3.63) is 62.2 Å². The average molecular weight is 395 g/mol. The molecule has 0 bridgehead atoms. The van der Waals surface area contributed by atoms with Gasteiger partial charge in [0.05, 0.1) is 17.6 Å². The van der Waals surface area contributed by atoms with Crippen LogP contribution < -0.4 is 5.56 Å². The van der Waals surface area contributed by atoms with Crippen molar-refractivity contribution in [2.45, 2.75) is 24.9 Å². The fourth-order valence-corrected chi connectivity index (χ4v) is 5.40. The normalized spacial score (nSPS) is 18.4. The molecule has 2 aromatic heterocycles. The number of thiophene rings is 1. The monoisotopic (exact) mass is 395 g/mol. The lowest BCUT2D eigenvalue weighted by Gasteiger charge is -2.44. The van der Waals surface area contributed by atoms with Crippen LogP contribution in [0.5, 0.6) is 0 Å². The largest absolute Gasteiger partial charge is 0.370 e. The molecule has 0 unspecified atom stereocenters. The number of carbonyl (C=O) groups is 1. The summed E-state index contributed by atoms with van der Waals surface area (Å²) in [5.41, 5.74) is 1.20. The van der Waals surface area contributed by atoms with Crippen molar-refractivity contribution in [1.82, 2.24) is 14.7 Å². The lowest BCUT2D eigenvalue weighted by atomic mass is 9.82. The SMILES string of the molecule is Cn1nc(C(=O)N2CCC3(CC2)OCCc2sccc23)c2ccccc2c1=O. The maximum Gasteiger partial charge on any atom is 0.274 e. The van der Waals surface area contributed by atoms with Gasteiger partial charge in [-0.25, -0.2) is 4.68 Å². The quantitative estimate of drug-likeness (QED) is 0.636. The van der Waals surface area contributed by atoms with Crippen LogP contribution in [0.1, 0.15) is 33.8 Å². The summed E-state index contributed by atoms with van der Waals surface area (Å²) in [6, 6.07) is 9.36. The Morgan fingerprint density at radius 3 is 2.71 bits per heavy atom. The lowest BCUT2D eigenvalue weighted by Crippen LogP contribution is -2.48. The highest BCUT2D eigenvalue weighted by Crippen LogP contribution is 2.43. The summed E-state index contributed by atoms with van der Waals surface area (Å²) >= 11 is 1.80. The fraction of sp³-hybridized carbons (Fsp3) is 0.381. The number of aryl methyl sites for hydroxylation is 1. The predicted molar refractivity (Wildman–Crippen MR) is 108 cm³/mol. The first-order valence-electron chi connectivity index (χ1n) is 9.55. The van der Waals surface area contributed by atoms with Gasteiger partial charge in [0, 0.05) is 36.8 Å². The summed E-state index contributed by atoms with van der Waals surface area (Å²) in [5, 5.41) is 7.57. The number of hydrogen-bond acceptors (Lipinski definition) is 5. The molecule has 0 atom stereocenters. The smallest absolute Gasteiger partial charge is 0.274 e. The Morgan fingerprint density at radius 1 is 1.18 bits per heavy atom. The van der Waals surface area contributed by atoms with Gasteiger partial charge in [0.1, 0.15) is 0 Å². The Morgan fingerprint density at radius 2 is 1.93 bits per heavy atom. The van der Waals surface area contributed by atoms with Gasteiger partial charge in [-0.15, -0.1) is 11.3 Å². The number of nitrogens with zero attached hydrogens (tertiary/aromatic N) is 3. The number of likely N-dealkylation sites (tertiary alicyclic amines) is 1. The molecule has 1 amide bonds. The minimum absolute atomic E-state index is 0.122. The van der Waals surface area contributed by atoms with E-state index in [9.17, 15) is 9.59 Å². The maximum absolute atomic E-state index is 13.3. The van der Waals surface area contributed by atoms with Gasteiger partial charge in [-0.2, -0.15) is 5.10 Å². The zero-order chi connectivity index (χ0) is 19.3. The van der Waals surface area contributed by atoms with E-state index in [1.807, 2.05) is 17.0 Å². The Balaban J connectivity index is 1.44. The van der Waals surface area contributed by atoms with Crippen LogP contribution in [0.25, 0.3) is 10.8 Å². The summed E-state index contributed by atoms with van der Waals surface area (Å²) in [4.78, 5) is 28.8. The molecule has 144 valence electrons. The van der Waals surface area contributed by atoms with Crippen LogP contribution in [-0.2, 0) is 23.8 Å². The van der Waals surface area contributed by atoms with E-state index in [1.165, 1.54) is 15.1 Å². The summed E-state index contributed by atoms with van der Waals surface area (Å²) in [5.74, 6) is -0.122. The van der Waals surface area contributed by atoms with E-state index in [0.717, 1.165) is 25.9 Å². The van der Waals surface area contributed by atoms with Crippen LogP contribution in [-0.4, -0.2) is 40.3 Å². The molecule has 1 spiro atoms. The molecule has 0 radical (unpaired) electrons. The van der Waals surface area contributed by atoms with Crippen LogP contribution in [0.3, 0.4) is 0 Å². The number of rotatable bonds is 1. The highest BCUT2D eigenvalue weighted by Gasteiger charge is 2.42. The van der Waals surface area contributed by atoms with E-state index in [1.54, 1.807) is 30.5 Å². The Bertz CT molecular complexity index is 1130. The number of piperidine rings is 1. The molecule has 6 nitrogen and oxygen atoms in total. The molecule has 1 fully saturated rings. The molecule has 3 aromatic rings. The first-order valence-corrected chi connectivity index (χ1v) is 10.4. The van der Waals surface area contributed by atoms with Gasteiger partial charge in [0.15, 0.2) is 5.69 Å². The molecule has 4 heterocycles. The van der Waals surface area contributed by atoms with E-state index in [2.05, 4.69) is 16.5 Å². The van der Waals surface area contributed by atoms with E-state index in [0.29, 0.717) is 29.6 Å². The number of hydrogen-bond donors (Lipinski definition) is 0. The van der Waals surface area contributed by atoms with Gasteiger partial charge >= 0.3 is 0 Å². The van der Waals surface area contributed by atoms with Crippen LogP contribution >= 0.6 is 11.3 Å². The number of carbonyl (C=O) groups excluding carboxylic acids is 1. The van der Waals surface area contributed by atoms with Gasteiger partial charge < -0.3 is 9.64 Å². The summed E-state index contributed by atoms with van der Waals surface area (Å²) < 4.78 is 7.49. The topological polar surface area (TPSA) is 64.4 Å². The Labute approximate surface area is 166 Å². The second-order valence-electron chi connectivity index (χ2n) is 7.47. The zero-order valence-electron chi connectivity index (χ0n) is 15.7. The molecule has 28 heavy (non-hydrogen) atoms. The van der Waals surface area contributed by atoms with Crippen molar-refractivity contribution >= 4 is 28.0 Å². The number of fused-ring (bicyclic) bond motifs is 3. The first kappa shape index (κ1) is 17.6. The standard InChI is InChI=1S/C21H21N3O3S/c1-23-19(25)15-5-3-2-4-14(15)18(22-23)20(26)24-10-8-21(9-11-24)16-7-13-28-17(16)6-12-27-21/h2-5,7,13H,6,8-12H2,1H3. The third-order valence-electron chi connectivity index (χ3n) is 5.96. The van der Waals surface area contributed by atoms with Crippen molar-refractivity contribution in [2.75, 3.05) is 19.7 Å². The fourth-order valence-electron chi connectivity index (χ4n) is 4.45. The summed E-state index contributed by atoms with van der Waals surface area (Å²) in [6.07, 6.45) is 2.55. The number of aromatic nitrogens is 2. The number of benzene rings is 1. The van der Waals surface area contributed by atoms with Crippen molar-refractivity contribution in [3.63, 3.8) is 0 Å². The molecule has 2 aliphatic heterocycles. The van der Waals surface area contributed by atoms with E-state index < -0.39 is 0 Å². The zero-order valence-corrected chi connectivity index (χ0v) is 16.5. The first-order chi connectivity index (χ1) is 13.6. The van der Waals surface area contributed by atoms with Gasteiger partial charge in [0.2, 0.25) is 0 Å². The lowest BCUT2D eigenvalue weighted by molar-refractivity contribution is -0.0926. The molecular formula is C21H21N3O3S. The third-order valence-corrected chi connectivity index (χ3v) is 6.94. The van der Waals surface area contributed by atoms with Crippen molar-refractivity contribution in [1.29, 1.82) is 0 Å². The van der Waals surface area contributed by atoms with Crippen molar-refractivity contribution < 1.29 is 9.53 Å². The van der Waals surface area contributed by atoms with Crippen LogP contribution in [0.15, 0.2) is 40.5 Å². The van der Waals surface area contributed by atoms with Gasteiger partial charge in [-0.05, 0) is 35.9 Å². The molecule has 1 aromatic carbocycles. The summed E-state index contributed by atoms with van der Waals surface area (Å²) in [6.45, 7) is 1.98. The molecule has 1 saturated heterocycles. The Kier molecular flexibility index (Phi) is 4.10. The van der Waals surface area contributed by atoms with Gasteiger partial charge in [-0.3, -0.25) is 9.59 Å². The highest BCUT2D eigenvalue weighted by molar-refractivity contribution is 7.10. The maximum atomic E-state index is 13.3. The van der Waals surface area contributed by atoms with Gasteiger partial charge in [-0.1, -0.05) is 18.2 Å². The minimum Gasteiger partial charge on any atom is -0.370 e. The molecule has 7 heteroatoms. The summed E-state index contributed by atoms with van der Waals surface area (Å²) in [7, 11) is 1.59. The Hall–Kier alpha value is -2.51. The molecular weight excluding hydrogens is 374 g/mol. The second-order valence-corrected chi connectivity index (χ2v) is 8.47. The molecule has 2 aliphatic rings. The number of ether oxygens (including phenoxy) is 1. The van der Waals surface area contributed by atoms with Crippen LogP contribution in [0.4, 0.5) is 0 Å². The second kappa shape index (κ2) is 6.53.